The van der Waals surface area contributed by atoms with Crippen molar-refractivity contribution in [3.8, 4) is 0 Å². The molecule has 154 valence electrons. The van der Waals surface area contributed by atoms with Crippen molar-refractivity contribution in [1.82, 2.24) is 14.5 Å². The second kappa shape index (κ2) is 8.41. The summed E-state index contributed by atoms with van der Waals surface area (Å²) >= 11 is 0. The number of hydrogen-bond acceptors (Lipinski definition) is 3. The molecule has 4 rings (SSSR count). The quantitative estimate of drug-likeness (QED) is 0.552. The van der Waals surface area contributed by atoms with Crippen molar-refractivity contribution >= 4 is 17.6 Å². The number of hydrogen-bond donors (Lipinski definition) is 3. The Kier molecular flexibility index (Phi) is 5.52. The van der Waals surface area contributed by atoms with Crippen molar-refractivity contribution in [2.45, 2.75) is 32.2 Å². The van der Waals surface area contributed by atoms with E-state index in [0.717, 1.165) is 29.9 Å². The van der Waals surface area contributed by atoms with Gasteiger partial charge in [0.15, 0.2) is 11.4 Å². The van der Waals surface area contributed by atoms with Crippen LogP contribution in [0.15, 0.2) is 64.5 Å². The molecule has 0 saturated heterocycles. The Labute approximate surface area is 174 Å². The van der Waals surface area contributed by atoms with E-state index in [-0.39, 0.29) is 11.5 Å². The Bertz CT molecular complexity index is 1210. The number of allylic oxidation sites excluding steroid dienone is 3. The van der Waals surface area contributed by atoms with Gasteiger partial charge in [-0.25, -0.2) is 14.3 Å². The molecule has 30 heavy (non-hydrogen) atoms. The standard InChI is InChI=1S/C23H25N5O2/c1-3-4-14-28-22(29)19(17-12-8-9-13-18-20(17)24-15-27(18)2)21(26-23(28)30)25-16-10-6-5-7-11-16/h5-13,15,17H,3-4,14H2,1-2H3,(H2,25,26,29,30)/p+1. The van der Waals surface area contributed by atoms with Crippen LogP contribution >= 0.6 is 0 Å². The maximum atomic E-state index is 13.6. The van der Waals surface area contributed by atoms with Gasteiger partial charge in [-0.2, -0.15) is 0 Å². The number of H-pyrrole nitrogens is 2. The Morgan fingerprint density at radius 2 is 1.97 bits per heavy atom. The van der Waals surface area contributed by atoms with Crippen LogP contribution in [-0.4, -0.2) is 14.5 Å². The third-order valence-corrected chi connectivity index (χ3v) is 5.36. The molecule has 0 aliphatic heterocycles. The number of benzene rings is 1. The van der Waals surface area contributed by atoms with Crippen LogP contribution in [-0.2, 0) is 13.6 Å². The highest BCUT2D eigenvalue weighted by Crippen LogP contribution is 2.31. The van der Waals surface area contributed by atoms with E-state index in [1.165, 1.54) is 4.57 Å². The van der Waals surface area contributed by atoms with Crippen LogP contribution < -0.4 is 21.1 Å². The minimum Gasteiger partial charge on any atom is -0.341 e. The molecule has 1 aliphatic rings. The van der Waals surface area contributed by atoms with E-state index >= 15 is 0 Å². The molecule has 3 N–H and O–H groups in total. The molecule has 2 aromatic heterocycles. The summed E-state index contributed by atoms with van der Waals surface area (Å²) in [5.41, 5.74) is 2.53. The van der Waals surface area contributed by atoms with E-state index in [9.17, 15) is 9.59 Å². The molecule has 0 spiro atoms. The lowest BCUT2D eigenvalue weighted by Crippen LogP contribution is -2.39. The van der Waals surface area contributed by atoms with E-state index in [2.05, 4.69) is 15.3 Å². The average Bonchev–Trinajstić information content (AvgIpc) is 2.97. The fourth-order valence-corrected chi connectivity index (χ4v) is 3.77. The zero-order chi connectivity index (χ0) is 21.1. The molecule has 1 aliphatic carbocycles. The van der Waals surface area contributed by atoms with Gasteiger partial charge in [0.05, 0.1) is 18.5 Å². The summed E-state index contributed by atoms with van der Waals surface area (Å²) < 4.78 is 3.29. The fraction of sp³-hybridized carbons (Fsp3) is 0.261. The summed E-state index contributed by atoms with van der Waals surface area (Å²) in [6, 6.07) is 9.52. The van der Waals surface area contributed by atoms with Gasteiger partial charge >= 0.3 is 5.69 Å². The fourth-order valence-electron chi connectivity index (χ4n) is 3.77. The van der Waals surface area contributed by atoms with E-state index in [4.69, 9.17) is 0 Å². The molecule has 1 aromatic carbocycles. The largest absolute Gasteiger partial charge is 0.341 e. The van der Waals surface area contributed by atoms with E-state index in [1.54, 1.807) is 0 Å². The number of unbranched alkanes of at least 4 members (excludes halogenated alkanes) is 1. The minimum absolute atomic E-state index is 0.273. The average molecular weight is 404 g/mol. The van der Waals surface area contributed by atoms with Crippen molar-refractivity contribution < 1.29 is 4.57 Å². The predicted octanol–water partition coefficient (Wildman–Crippen LogP) is 2.95. The molecule has 1 unspecified atom stereocenters. The maximum Gasteiger partial charge on any atom is 0.329 e. The predicted molar refractivity (Wildman–Crippen MR) is 118 cm³/mol. The number of aromatic amines is 2. The second-order valence-electron chi connectivity index (χ2n) is 7.43. The number of aromatic nitrogens is 4. The number of rotatable bonds is 6. The van der Waals surface area contributed by atoms with E-state index in [0.29, 0.717) is 17.9 Å². The van der Waals surface area contributed by atoms with Crippen LogP contribution in [0.5, 0.6) is 0 Å². The van der Waals surface area contributed by atoms with Crippen LogP contribution in [0.1, 0.15) is 42.6 Å². The SMILES string of the molecule is CCCCn1c(=O)[nH]c(Nc2ccccc2)c(C2C=CC=Cc3c2[nH]c[n+]3C)c1=O. The van der Waals surface area contributed by atoms with Crippen molar-refractivity contribution in [2.75, 3.05) is 5.32 Å². The first-order valence-electron chi connectivity index (χ1n) is 10.2. The molecule has 3 aromatic rings. The molecular weight excluding hydrogens is 378 g/mol. The molecule has 0 saturated carbocycles. The summed E-state index contributed by atoms with van der Waals surface area (Å²) in [7, 11) is 1.96. The number of nitrogens with one attached hydrogen (secondary N) is 3. The third-order valence-electron chi connectivity index (χ3n) is 5.36. The molecule has 0 radical (unpaired) electrons. The number of imidazole rings is 1. The molecule has 7 heteroatoms. The zero-order valence-corrected chi connectivity index (χ0v) is 17.2. The van der Waals surface area contributed by atoms with Crippen LogP contribution in [0, 0.1) is 0 Å². The topological polar surface area (TPSA) is 86.6 Å². The molecule has 1 atom stereocenters. The Hall–Kier alpha value is -3.61. The molecular formula is C23H26N5O2+. The van der Waals surface area contributed by atoms with Crippen LogP contribution in [0.3, 0.4) is 0 Å². The van der Waals surface area contributed by atoms with Gasteiger partial charge < -0.3 is 5.32 Å². The van der Waals surface area contributed by atoms with Crippen molar-refractivity contribution in [2.24, 2.45) is 7.05 Å². The summed E-state index contributed by atoms with van der Waals surface area (Å²) in [6.07, 6.45) is 11.4. The summed E-state index contributed by atoms with van der Waals surface area (Å²) in [6.45, 7) is 2.43. The number of para-hydroxylation sites is 1. The van der Waals surface area contributed by atoms with Gasteiger partial charge in [-0.3, -0.25) is 14.3 Å². The number of fused-ring (bicyclic) bond motifs is 1. The summed E-state index contributed by atoms with van der Waals surface area (Å²) in [5.74, 6) is 0.0864. The second-order valence-corrected chi connectivity index (χ2v) is 7.43. The van der Waals surface area contributed by atoms with Gasteiger partial charge in [-0.05, 0) is 24.6 Å². The van der Waals surface area contributed by atoms with Gasteiger partial charge in [-0.1, -0.05) is 49.8 Å². The lowest BCUT2D eigenvalue weighted by Gasteiger charge is -2.17. The first kappa shape index (κ1) is 19.7. The van der Waals surface area contributed by atoms with Crippen molar-refractivity contribution in [3.05, 3.63) is 92.7 Å². The third kappa shape index (κ3) is 3.66. The minimum atomic E-state index is -0.399. The number of aryl methyl sites for hydroxylation is 1. The van der Waals surface area contributed by atoms with Gasteiger partial charge in [0.25, 0.3) is 5.56 Å². The molecule has 7 nitrogen and oxygen atoms in total. The van der Waals surface area contributed by atoms with Crippen LogP contribution in [0.25, 0.3) is 6.08 Å². The normalized spacial score (nSPS) is 15.1. The number of nitrogens with zero attached hydrogens (tertiary/aromatic N) is 2. The molecule has 0 bridgehead atoms. The highest BCUT2D eigenvalue weighted by Gasteiger charge is 2.30. The first-order chi connectivity index (χ1) is 14.6. The summed E-state index contributed by atoms with van der Waals surface area (Å²) in [4.78, 5) is 32.5. The van der Waals surface area contributed by atoms with E-state index in [1.807, 2.05) is 79.5 Å². The van der Waals surface area contributed by atoms with Crippen molar-refractivity contribution in [1.29, 1.82) is 0 Å². The lowest BCUT2D eigenvalue weighted by atomic mass is 9.95. The smallest absolute Gasteiger partial charge is 0.329 e. The zero-order valence-electron chi connectivity index (χ0n) is 17.2. The lowest BCUT2D eigenvalue weighted by molar-refractivity contribution is -0.672. The van der Waals surface area contributed by atoms with Gasteiger partial charge in [-0.15, -0.1) is 0 Å². The monoisotopic (exact) mass is 404 g/mol. The summed E-state index contributed by atoms with van der Waals surface area (Å²) in [5, 5.41) is 3.25. The Morgan fingerprint density at radius 1 is 1.17 bits per heavy atom. The first-order valence-corrected chi connectivity index (χ1v) is 10.2. The van der Waals surface area contributed by atoms with Gasteiger partial charge in [0.1, 0.15) is 5.82 Å². The van der Waals surface area contributed by atoms with Crippen LogP contribution in [0.2, 0.25) is 0 Å². The maximum absolute atomic E-state index is 13.6. The van der Waals surface area contributed by atoms with Gasteiger partial charge in [0, 0.05) is 12.2 Å². The van der Waals surface area contributed by atoms with E-state index < -0.39 is 5.69 Å². The molecule has 0 fully saturated rings. The van der Waals surface area contributed by atoms with Gasteiger partial charge in [0.2, 0.25) is 6.33 Å². The molecule has 0 amide bonds. The highest BCUT2D eigenvalue weighted by molar-refractivity contribution is 5.63. The highest BCUT2D eigenvalue weighted by atomic mass is 16.2. The van der Waals surface area contributed by atoms with Crippen LogP contribution in [0.4, 0.5) is 11.5 Å². The Morgan fingerprint density at radius 3 is 2.73 bits per heavy atom. The number of anilines is 2. The molecule has 2 heterocycles. The Balaban J connectivity index is 1.92. The van der Waals surface area contributed by atoms with Crippen molar-refractivity contribution in [3.63, 3.8) is 0 Å².